The van der Waals surface area contributed by atoms with Crippen LogP contribution < -0.4 is 0 Å². The molecule has 3 rings (SSSR count). The molecular weight excluding hydrogens is 240 g/mol. The number of hydrogen-bond donors (Lipinski definition) is 0. The van der Waals surface area contributed by atoms with E-state index in [1.165, 1.54) is 24.1 Å². The van der Waals surface area contributed by atoms with Crippen molar-refractivity contribution in [1.29, 1.82) is 0 Å². The molecular formula is C15H20N2S. The van der Waals surface area contributed by atoms with Crippen LogP contribution >= 0.6 is 11.3 Å². The summed E-state index contributed by atoms with van der Waals surface area (Å²) in [4.78, 5) is 5.83. The van der Waals surface area contributed by atoms with Crippen LogP contribution in [0.1, 0.15) is 39.2 Å². The summed E-state index contributed by atoms with van der Waals surface area (Å²) in [6.07, 6.45) is 8.02. The minimum Gasteiger partial charge on any atom is -0.327 e. The smallest absolute Gasteiger partial charge is 0.150 e. The zero-order chi connectivity index (χ0) is 12.5. The third-order valence-corrected chi connectivity index (χ3v) is 5.24. The molecule has 2 aromatic rings. The van der Waals surface area contributed by atoms with Gasteiger partial charge < -0.3 is 4.57 Å². The van der Waals surface area contributed by atoms with Crippen molar-refractivity contribution in [1.82, 2.24) is 9.55 Å². The lowest BCUT2D eigenvalue weighted by Gasteiger charge is -2.33. The first-order valence-corrected chi connectivity index (χ1v) is 7.70. The van der Waals surface area contributed by atoms with E-state index in [-0.39, 0.29) is 0 Å². The Morgan fingerprint density at radius 3 is 2.89 bits per heavy atom. The molecule has 1 aliphatic rings. The second-order valence-corrected chi connectivity index (χ2v) is 6.50. The molecule has 1 aliphatic carbocycles. The molecule has 18 heavy (non-hydrogen) atoms. The molecule has 0 bridgehead atoms. The molecule has 0 aliphatic heterocycles. The standard InChI is InChI=1S/C15H20N2S/c1-11-5-6-13(10-12(11)2)17-8-7-16-15(17)14-4-3-9-18-14/h3-4,7-9,11-13H,5-6,10H2,1-2H3. The minimum absolute atomic E-state index is 0.635. The van der Waals surface area contributed by atoms with E-state index in [4.69, 9.17) is 0 Å². The molecule has 2 heterocycles. The van der Waals surface area contributed by atoms with Gasteiger partial charge in [-0.15, -0.1) is 11.3 Å². The zero-order valence-electron chi connectivity index (χ0n) is 11.0. The van der Waals surface area contributed by atoms with Crippen LogP contribution in [0.2, 0.25) is 0 Å². The predicted molar refractivity (Wildman–Crippen MR) is 76.8 cm³/mol. The van der Waals surface area contributed by atoms with Crippen molar-refractivity contribution < 1.29 is 0 Å². The van der Waals surface area contributed by atoms with E-state index in [1.807, 2.05) is 6.20 Å². The summed E-state index contributed by atoms with van der Waals surface area (Å²) in [5.74, 6) is 2.84. The van der Waals surface area contributed by atoms with Gasteiger partial charge in [-0.1, -0.05) is 19.9 Å². The van der Waals surface area contributed by atoms with E-state index in [0.717, 1.165) is 17.7 Å². The van der Waals surface area contributed by atoms with Crippen LogP contribution in [0, 0.1) is 11.8 Å². The lowest BCUT2D eigenvalue weighted by molar-refractivity contribution is 0.212. The van der Waals surface area contributed by atoms with E-state index < -0.39 is 0 Å². The van der Waals surface area contributed by atoms with Crippen molar-refractivity contribution >= 4 is 11.3 Å². The molecule has 1 fully saturated rings. The third-order valence-electron chi connectivity index (χ3n) is 4.37. The molecule has 3 atom stereocenters. The van der Waals surface area contributed by atoms with Crippen molar-refractivity contribution in [3.63, 3.8) is 0 Å². The summed E-state index contributed by atoms with van der Waals surface area (Å²) in [5, 5.41) is 2.12. The molecule has 3 heteroatoms. The summed E-state index contributed by atoms with van der Waals surface area (Å²) in [5.41, 5.74) is 0. The van der Waals surface area contributed by atoms with Gasteiger partial charge in [-0.2, -0.15) is 0 Å². The molecule has 1 saturated carbocycles. The second-order valence-electron chi connectivity index (χ2n) is 5.56. The van der Waals surface area contributed by atoms with Gasteiger partial charge in [0.15, 0.2) is 0 Å². The first-order chi connectivity index (χ1) is 8.75. The maximum Gasteiger partial charge on any atom is 0.150 e. The molecule has 0 saturated heterocycles. The van der Waals surface area contributed by atoms with Crippen LogP contribution in [-0.4, -0.2) is 9.55 Å². The van der Waals surface area contributed by atoms with Crippen molar-refractivity contribution in [2.75, 3.05) is 0 Å². The molecule has 0 aromatic carbocycles. The van der Waals surface area contributed by atoms with E-state index in [0.29, 0.717) is 6.04 Å². The highest BCUT2D eigenvalue weighted by atomic mass is 32.1. The van der Waals surface area contributed by atoms with E-state index in [1.54, 1.807) is 11.3 Å². The molecule has 2 aromatic heterocycles. The van der Waals surface area contributed by atoms with E-state index in [2.05, 4.69) is 47.1 Å². The Kier molecular flexibility index (Phi) is 3.25. The molecule has 96 valence electrons. The Bertz CT molecular complexity index is 500. The minimum atomic E-state index is 0.635. The predicted octanol–water partition coefficient (Wildman–Crippen LogP) is 4.61. The quantitative estimate of drug-likeness (QED) is 0.771. The molecule has 2 nitrogen and oxygen atoms in total. The van der Waals surface area contributed by atoms with E-state index >= 15 is 0 Å². The first kappa shape index (κ1) is 12.0. The summed E-state index contributed by atoms with van der Waals surface area (Å²) < 4.78 is 2.40. The van der Waals surface area contributed by atoms with Gasteiger partial charge in [0, 0.05) is 18.4 Å². The van der Waals surface area contributed by atoms with Crippen molar-refractivity contribution in [2.45, 2.75) is 39.2 Å². The number of rotatable bonds is 2. The maximum atomic E-state index is 4.55. The van der Waals surface area contributed by atoms with Gasteiger partial charge in [0.1, 0.15) is 5.82 Å². The fourth-order valence-electron chi connectivity index (χ4n) is 2.98. The van der Waals surface area contributed by atoms with Crippen LogP contribution in [0.15, 0.2) is 29.9 Å². The van der Waals surface area contributed by atoms with E-state index in [9.17, 15) is 0 Å². The van der Waals surface area contributed by atoms with Crippen molar-refractivity contribution in [3.8, 4) is 10.7 Å². The lowest BCUT2D eigenvalue weighted by atomic mass is 9.79. The largest absolute Gasteiger partial charge is 0.327 e. The van der Waals surface area contributed by atoms with Crippen LogP contribution in [0.5, 0.6) is 0 Å². The number of nitrogens with zero attached hydrogens (tertiary/aromatic N) is 2. The van der Waals surface area contributed by atoms with Gasteiger partial charge in [-0.3, -0.25) is 0 Å². The fraction of sp³-hybridized carbons (Fsp3) is 0.533. The molecule has 3 unspecified atom stereocenters. The van der Waals surface area contributed by atoms with Gasteiger partial charge in [0.2, 0.25) is 0 Å². The highest BCUT2D eigenvalue weighted by Gasteiger charge is 2.26. The first-order valence-electron chi connectivity index (χ1n) is 6.82. The molecule has 0 radical (unpaired) electrons. The van der Waals surface area contributed by atoms with Crippen molar-refractivity contribution in [3.05, 3.63) is 29.9 Å². The summed E-state index contributed by atoms with van der Waals surface area (Å²) in [6, 6.07) is 4.90. The van der Waals surface area contributed by atoms with Gasteiger partial charge in [0.05, 0.1) is 4.88 Å². The Morgan fingerprint density at radius 1 is 1.28 bits per heavy atom. The topological polar surface area (TPSA) is 17.8 Å². The van der Waals surface area contributed by atoms with Gasteiger partial charge in [-0.25, -0.2) is 4.98 Å². The highest BCUT2D eigenvalue weighted by Crippen LogP contribution is 2.38. The average molecular weight is 260 g/mol. The fourth-order valence-corrected chi connectivity index (χ4v) is 3.70. The summed E-state index contributed by atoms with van der Waals surface area (Å²) in [7, 11) is 0. The summed E-state index contributed by atoms with van der Waals surface area (Å²) >= 11 is 1.78. The zero-order valence-corrected chi connectivity index (χ0v) is 11.9. The normalized spacial score (nSPS) is 28.4. The molecule has 0 N–H and O–H groups in total. The van der Waals surface area contributed by atoms with Crippen LogP contribution in [0.4, 0.5) is 0 Å². The monoisotopic (exact) mass is 260 g/mol. The number of thiophene rings is 1. The van der Waals surface area contributed by atoms with Crippen LogP contribution in [0.25, 0.3) is 10.7 Å². The SMILES string of the molecule is CC1CCC(n2ccnc2-c2cccs2)CC1C. The van der Waals surface area contributed by atoms with Gasteiger partial charge >= 0.3 is 0 Å². The van der Waals surface area contributed by atoms with Crippen molar-refractivity contribution in [2.24, 2.45) is 11.8 Å². The number of aromatic nitrogens is 2. The maximum absolute atomic E-state index is 4.55. The lowest BCUT2D eigenvalue weighted by Crippen LogP contribution is -2.23. The van der Waals surface area contributed by atoms with Crippen LogP contribution in [-0.2, 0) is 0 Å². The number of imidazole rings is 1. The second kappa shape index (κ2) is 4.88. The highest BCUT2D eigenvalue weighted by molar-refractivity contribution is 7.13. The Labute approximate surface area is 113 Å². The van der Waals surface area contributed by atoms with Gasteiger partial charge in [0.25, 0.3) is 0 Å². The Hall–Kier alpha value is -1.09. The third kappa shape index (κ3) is 2.12. The Morgan fingerprint density at radius 2 is 2.17 bits per heavy atom. The number of hydrogen-bond acceptors (Lipinski definition) is 2. The van der Waals surface area contributed by atoms with Crippen LogP contribution in [0.3, 0.4) is 0 Å². The average Bonchev–Trinajstić information content (AvgIpc) is 3.00. The van der Waals surface area contributed by atoms with Gasteiger partial charge in [-0.05, 0) is 42.5 Å². The molecule has 0 spiro atoms. The Balaban J connectivity index is 1.87. The summed E-state index contributed by atoms with van der Waals surface area (Å²) in [6.45, 7) is 4.77. The molecule has 0 amide bonds.